The Hall–Kier alpha value is -2.07. The van der Waals surface area contributed by atoms with Gasteiger partial charge in [-0.05, 0) is 18.2 Å². The zero-order valence-corrected chi connectivity index (χ0v) is 10.2. The van der Waals surface area contributed by atoms with Crippen LogP contribution in [-0.4, -0.2) is 19.7 Å². The van der Waals surface area contributed by atoms with Gasteiger partial charge >= 0.3 is 0 Å². The number of hydrogen-bond donors (Lipinski definition) is 1. The van der Waals surface area contributed by atoms with Crippen LogP contribution >= 0.6 is 11.6 Å². The number of aromatic hydroxyl groups is 1. The molecule has 0 fully saturated rings. The van der Waals surface area contributed by atoms with Gasteiger partial charge in [0.1, 0.15) is 16.7 Å². The Morgan fingerprint density at radius 1 is 1.06 bits per heavy atom. The number of rotatable bonds is 2. The fraction of sp³-hybridized carbons (Fsp3) is 0.0769. The van der Waals surface area contributed by atoms with Crippen molar-refractivity contribution >= 4 is 17.2 Å². The third-order valence-corrected chi connectivity index (χ3v) is 3.08. The second-order valence-electron chi connectivity index (χ2n) is 3.96. The zero-order valence-electron chi connectivity index (χ0n) is 9.42. The lowest BCUT2D eigenvalue weighted by atomic mass is 10.1. The molecule has 0 aliphatic rings. The molecule has 1 N–H and O–H groups in total. The van der Waals surface area contributed by atoms with E-state index >= 15 is 0 Å². The van der Waals surface area contributed by atoms with E-state index in [1.807, 2.05) is 24.3 Å². The summed E-state index contributed by atoms with van der Waals surface area (Å²) in [6.07, 6.45) is 0.484. The van der Waals surface area contributed by atoms with Gasteiger partial charge in [0, 0.05) is 12.0 Å². The van der Waals surface area contributed by atoms with Gasteiger partial charge in [-0.15, -0.1) is 10.2 Å². The number of nitrogens with zero attached hydrogens (tertiary/aromatic N) is 3. The number of pyridine rings is 1. The summed E-state index contributed by atoms with van der Waals surface area (Å²) in [4.78, 5) is 0. The standard InChI is InChI=1S/C13H10ClN3O/c14-11-6-3-7-12-15-16-13(17(11)12)8-9-4-1-2-5-10(9)18/h1-7,18H,8H2. The number of phenols is 1. The number of aromatic nitrogens is 3. The zero-order chi connectivity index (χ0) is 12.5. The van der Waals surface area contributed by atoms with Gasteiger partial charge in [-0.2, -0.15) is 0 Å². The molecule has 0 saturated heterocycles. The molecule has 0 bridgehead atoms. The smallest absolute Gasteiger partial charge is 0.161 e. The summed E-state index contributed by atoms with van der Waals surface area (Å²) >= 11 is 6.13. The number of halogens is 1. The number of fused-ring (bicyclic) bond motifs is 1. The third kappa shape index (κ3) is 1.80. The second kappa shape index (κ2) is 4.31. The van der Waals surface area contributed by atoms with Crippen LogP contribution in [0, 0.1) is 0 Å². The molecule has 0 unspecified atom stereocenters. The Bertz CT molecular complexity index is 708. The van der Waals surface area contributed by atoms with E-state index in [1.165, 1.54) is 0 Å². The minimum atomic E-state index is 0.251. The maximum Gasteiger partial charge on any atom is 0.161 e. The molecule has 4 nitrogen and oxygen atoms in total. The van der Waals surface area contributed by atoms with Crippen LogP contribution in [0.25, 0.3) is 5.65 Å². The molecule has 0 radical (unpaired) electrons. The molecule has 2 heterocycles. The van der Waals surface area contributed by atoms with E-state index in [1.54, 1.807) is 22.6 Å². The van der Waals surface area contributed by atoms with Crippen molar-refractivity contribution in [2.24, 2.45) is 0 Å². The average molecular weight is 260 g/mol. The summed E-state index contributed by atoms with van der Waals surface area (Å²) in [5, 5.41) is 18.5. The van der Waals surface area contributed by atoms with E-state index in [0.717, 1.165) is 5.56 Å². The van der Waals surface area contributed by atoms with Gasteiger partial charge in [-0.25, -0.2) is 0 Å². The van der Waals surface area contributed by atoms with Gasteiger partial charge in [-0.3, -0.25) is 4.40 Å². The first-order chi connectivity index (χ1) is 8.75. The minimum Gasteiger partial charge on any atom is -0.508 e. The molecule has 90 valence electrons. The molecule has 0 saturated carbocycles. The van der Waals surface area contributed by atoms with Crippen molar-refractivity contribution in [1.29, 1.82) is 0 Å². The normalized spacial score (nSPS) is 10.9. The van der Waals surface area contributed by atoms with E-state index < -0.39 is 0 Å². The van der Waals surface area contributed by atoms with Gasteiger partial charge in [0.25, 0.3) is 0 Å². The molecule has 0 spiro atoms. The Kier molecular flexibility index (Phi) is 2.64. The number of hydrogen-bond acceptors (Lipinski definition) is 3. The molecule has 1 aromatic carbocycles. The minimum absolute atomic E-state index is 0.251. The van der Waals surface area contributed by atoms with Crippen molar-refractivity contribution in [3.05, 3.63) is 59.0 Å². The van der Waals surface area contributed by atoms with Crippen molar-refractivity contribution < 1.29 is 5.11 Å². The van der Waals surface area contributed by atoms with E-state index in [4.69, 9.17) is 11.6 Å². The Morgan fingerprint density at radius 2 is 1.89 bits per heavy atom. The Morgan fingerprint density at radius 3 is 2.72 bits per heavy atom. The van der Waals surface area contributed by atoms with Crippen molar-refractivity contribution in [2.45, 2.75) is 6.42 Å². The number of phenolic OH excluding ortho intramolecular Hbond substituents is 1. The van der Waals surface area contributed by atoms with E-state index in [9.17, 15) is 5.11 Å². The first kappa shape index (κ1) is 11.0. The van der Waals surface area contributed by atoms with Crippen LogP contribution in [-0.2, 0) is 6.42 Å². The molecule has 0 aliphatic heterocycles. The highest BCUT2D eigenvalue weighted by Crippen LogP contribution is 2.21. The van der Waals surface area contributed by atoms with Gasteiger partial charge in [0.05, 0.1) is 0 Å². The van der Waals surface area contributed by atoms with Crippen LogP contribution in [0.2, 0.25) is 5.15 Å². The number of para-hydroxylation sites is 1. The van der Waals surface area contributed by atoms with Gasteiger partial charge in [0.15, 0.2) is 5.65 Å². The molecule has 18 heavy (non-hydrogen) atoms. The summed E-state index contributed by atoms with van der Waals surface area (Å²) in [5.41, 5.74) is 1.50. The topological polar surface area (TPSA) is 50.4 Å². The van der Waals surface area contributed by atoms with Crippen LogP contribution in [0.4, 0.5) is 0 Å². The highest BCUT2D eigenvalue weighted by Gasteiger charge is 2.10. The monoisotopic (exact) mass is 259 g/mol. The second-order valence-corrected chi connectivity index (χ2v) is 4.35. The van der Waals surface area contributed by atoms with Crippen molar-refractivity contribution in [3.63, 3.8) is 0 Å². The summed E-state index contributed by atoms with van der Waals surface area (Å²) in [6.45, 7) is 0. The van der Waals surface area contributed by atoms with Crippen molar-refractivity contribution in [2.75, 3.05) is 0 Å². The molecule has 5 heteroatoms. The van der Waals surface area contributed by atoms with Gasteiger partial charge < -0.3 is 5.11 Å². The van der Waals surface area contributed by atoms with E-state index in [2.05, 4.69) is 10.2 Å². The van der Waals surface area contributed by atoms with Crippen LogP contribution in [0.5, 0.6) is 5.75 Å². The molecule has 0 amide bonds. The lowest BCUT2D eigenvalue weighted by Gasteiger charge is -2.04. The fourth-order valence-corrected chi connectivity index (χ4v) is 2.16. The highest BCUT2D eigenvalue weighted by molar-refractivity contribution is 6.29. The van der Waals surface area contributed by atoms with Gasteiger partial charge in [0.2, 0.25) is 0 Å². The summed E-state index contributed by atoms with van der Waals surface area (Å²) in [5.74, 6) is 0.957. The molecule has 2 aromatic heterocycles. The van der Waals surface area contributed by atoms with Crippen molar-refractivity contribution in [3.8, 4) is 5.75 Å². The summed E-state index contributed by atoms with van der Waals surface area (Å²) in [7, 11) is 0. The van der Waals surface area contributed by atoms with E-state index in [0.29, 0.717) is 23.0 Å². The first-order valence-corrected chi connectivity index (χ1v) is 5.89. The first-order valence-electron chi connectivity index (χ1n) is 5.51. The van der Waals surface area contributed by atoms with Crippen molar-refractivity contribution in [1.82, 2.24) is 14.6 Å². The molecule has 0 aliphatic carbocycles. The Balaban J connectivity index is 2.09. The Labute approximate surface area is 108 Å². The predicted octanol–water partition coefficient (Wildman–Crippen LogP) is 2.68. The fourth-order valence-electron chi connectivity index (χ4n) is 1.90. The molecular weight excluding hydrogens is 250 g/mol. The molecular formula is C13H10ClN3O. The quantitative estimate of drug-likeness (QED) is 0.720. The molecule has 0 atom stereocenters. The SMILES string of the molecule is Oc1ccccc1Cc1nnc2cccc(Cl)n12. The van der Waals surface area contributed by atoms with Crippen LogP contribution in [0.15, 0.2) is 42.5 Å². The third-order valence-electron chi connectivity index (χ3n) is 2.79. The molecule has 3 rings (SSSR count). The molecule has 3 aromatic rings. The largest absolute Gasteiger partial charge is 0.508 e. The lowest BCUT2D eigenvalue weighted by molar-refractivity contribution is 0.469. The maximum absolute atomic E-state index is 9.76. The van der Waals surface area contributed by atoms with Crippen LogP contribution in [0.3, 0.4) is 0 Å². The predicted molar refractivity (Wildman–Crippen MR) is 68.9 cm³/mol. The lowest BCUT2D eigenvalue weighted by Crippen LogP contribution is -1.97. The summed E-state index contributed by atoms with van der Waals surface area (Å²) in [6, 6.07) is 12.6. The van der Waals surface area contributed by atoms with Gasteiger partial charge in [-0.1, -0.05) is 35.9 Å². The van der Waals surface area contributed by atoms with Crippen LogP contribution in [0.1, 0.15) is 11.4 Å². The average Bonchev–Trinajstić information content (AvgIpc) is 2.77. The summed E-state index contributed by atoms with van der Waals surface area (Å²) < 4.78 is 1.77. The number of benzene rings is 1. The maximum atomic E-state index is 9.76. The van der Waals surface area contributed by atoms with Crippen LogP contribution < -0.4 is 0 Å². The van der Waals surface area contributed by atoms with E-state index in [-0.39, 0.29) is 5.75 Å². The highest BCUT2D eigenvalue weighted by atomic mass is 35.5.